The Kier molecular flexibility index (Phi) is 5.73. The summed E-state index contributed by atoms with van der Waals surface area (Å²) in [5.74, 6) is -0.899. The number of ether oxygens (including phenoxy) is 1. The number of carbonyl (C=O) groups excluding carboxylic acids is 1. The first-order chi connectivity index (χ1) is 15.7. The van der Waals surface area contributed by atoms with Crippen molar-refractivity contribution in [1.82, 2.24) is 24.9 Å². The molecule has 0 spiro atoms. The Hall–Kier alpha value is -4.35. The van der Waals surface area contributed by atoms with E-state index in [9.17, 15) is 22.8 Å². The van der Waals surface area contributed by atoms with Crippen molar-refractivity contribution in [3.8, 4) is 17.1 Å². The van der Waals surface area contributed by atoms with Crippen LogP contribution in [0.2, 0.25) is 0 Å². The van der Waals surface area contributed by atoms with E-state index in [0.29, 0.717) is 5.56 Å². The molecule has 0 amide bonds. The molecule has 0 radical (unpaired) electrons. The molecule has 33 heavy (non-hydrogen) atoms. The van der Waals surface area contributed by atoms with Crippen molar-refractivity contribution in [3.05, 3.63) is 87.9 Å². The predicted molar refractivity (Wildman–Crippen MR) is 106 cm³/mol. The lowest BCUT2D eigenvalue weighted by Crippen LogP contribution is -2.24. The molecule has 0 N–H and O–H groups in total. The fourth-order valence-electron chi connectivity index (χ4n) is 2.89. The van der Waals surface area contributed by atoms with E-state index in [2.05, 4.69) is 20.2 Å². The Balaban J connectivity index is 1.55. The third-order valence-electron chi connectivity index (χ3n) is 4.43. The van der Waals surface area contributed by atoms with E-state index in [1.807, 2.05) is 0 Å². The number of carbonyl (C=O) groups is 1. The van der Waals surface area contributed by atoms with Gasteiger partial charge in [-0.05, 0) is 37.3 Å². The predicted octanol–water partition coefficient (Wildman–Crippen LogP) is 3.36. The van der Waals surface area contributed by atoms with Crippen molar-refractivity contribution in [1.29, 1.82) is 0 Å². The average Bonchev–Trinajstić information content (AvgIpc) is 3.27. The van der Waals surface area contributed by atoms with Crippen LogP contribution in [0.4, 0.5) is 13.2 Å². The third kappa shape index (κ3) is 4.79. The summed E-state index contributed by atoms with van der Waals surface area (Å²) in [7, 11) is 0. The van der Waals surface area contributed by atoms with E-state index in [-0.39, 0.29) is 23.1 Å². The Bertz CT molecular complexity index is 1370. The maximum Gasteiger partial charge on any atom is 0.416 e. The largest absolute Gasteiger partial charge is 0.451 e. The highest BCUT2D eigenvalue weighted by Crippen LogP contribution is 2.30. The van der Waals surface area contributed by atoms with Crippen LogP contribution in [0.3, 0.4) is 0 Å². The molecule has 0 unspecified atom stereocenters. The Labute approximate surface area is 183 Å². The van der Waals surface area contributed by atoms with Gasteiger partial charge in [0.1, 0.15) is 0 Å². The standard InChI is InChI=1S/C21H14F3N5O4/c1-12-8-16(30)18(27-29(12)15-6-2-5-14(9-15)21(22,23)24)20(31)32-11-17-26-19(28-33-17)13-4-3-7-25-10-13/h2-10H,11H2,1H3. The Morgan fingerprint density at radius 3 is 2.73 bits per heavy atom. The van der Waals surface area contributed by atoms with Crippen LogP contribution in [0.25, 0.3) is 17.1 Å². The highest BCUT2D eigenvalue weighted by atomic mass is 19.4. The number of esters is 1. The van der Waals surface area contributed by atoms with Gasteiger partial charge in [-0.1, -0.05) is 11.2 Å². The van der Waals surface area contributed by atoms with Crippen molar-refractivity contribution in [2.45, 2.75) is 19.7 Å². The van der Waals surface area contributed by atoms with Crippen LogP contribution >= 0.6 is 0 Å². The first-order valence-electron chi connectivity index (χ1n) is 9.41. The van der Waals surface area contributed by atoms with E-state index in [1.54, 1.807) is 18.3 Å². The first-order valence-corrected chi connectivity index (χ1v) is 9.41. The van der Waals surface area contributed by atoms with Crippen molar-refractivity contribution in [2.24, 2.45) is 0 Å². The lowest BCUT2D eigenvalue weighted by molar-refractivity contribution is -0.137. The number of alkyl halides is 3. The lowest BCUT2D eigenvalue weighted by Gasteiger charge is -2.13. The second-order valence-corrected chi connectivity index (χ2v) is 6.79. The molecule has 0 aliphatic carbocycles. The van der Waals surface area contributed by atoms with Gasteiger partial charge in [0, 0.05) is 29.7 Å². The summed E-state index contributed by atoms with van der Waals surface area (Å²) in [6.45, 7) is 1.03. The average molecular weight is 457 g/mol. The number of aryl methyl sites for hydroxylation is 1. The fraction of sp³-hybridized carbons (Fsp3) is 0.143. The highest BCUT2D eigenvalue weighted by molar-refractivity contribution is 5.86. The number of aromatic nitrogens is 5. The van der Waals surface area contributed by atoms with Gasteiger partial charge in [0.2, 0.25) is 16.9 Å². The van der Waals surface area contributed by atoms with Gasteiger partial charge in [0.15, 0.2) is 6.61 Å². The van der Waals surface area contributed by atoms with Crippen LogP contribution in [0.5, 0.6) is 0 Å². The van der Waals surface area contributed by atoms with Crippen molar-refractivity contribution in [2.75, 3.05) is 0 Å². The molecular weight excluding hydrogens is 443 g/mol. The molecule has 3 aromatic heterocycles. The molecule has 12 heteroatoms. The minimum absolute atomic E-state index is 0.0226. The lowest BCUT2D eigenvalue weighted by atomic mass is 10.2. The third-order valence-corrected chi connectivity index (χ3v) is 4.43. The molecule has 1 aromatic carbocycles. The molecule has 0 aliphatic heterocycles. The molecule has 3 heterocycles. The van der Waals surface area contributed by atoms with Gasteiger partial charge in [-0.3, -0.25) is 9.78 Å². The highest BCUT2D eigenvalue weighted by Gasteiger charge is 2.30. The second kappa shape index (κ2) is 8.65. The molecule has 4 aromatic rings. The summed E-state index contributed by atoms with van der Waals surface area (Å²) in [4.78, 5) is 32.7. The maximum atomic E-state index is 13.1. The van der Waals surface area contributed by atoms with Crippen LogP contribution in [-0.2, 0) is 17.5 Å². The number of hydrogen-bond donors (Lipinski definition) is 0. The van der Waals surface area contributed by atoms with Crippen molar-refractivity contribution >= 4 is 5.97 Å². The number of benzene rings is 1. The monoisotopic (exact) mass is 457 g/mol. The van der Waals surface area contributed by atoms with Gasteiger partial charge in [0.05, 0.1) is 11.3 Å². The fourth-order valence-corrected chi connectivity index (χ4v) is 2.89. The number of hydrogen-bond acceptors (Lipinski definition) is 8. The van der Waals surface area contributed by atoms with E-state index in [1.165, 1.54) is 25.3 Å². The SMILES string of the molecule is Cc1cc(=O)c(C(=O)OCc2nc(-c3cccnc3)no2)nn1-c1cccc(C(F)(F)F)c1. The van der Waals surface area contributed by atoms with Gasteiger partial charge in [-0.2, -0.15) is 23.3 Å². The summed E-state index contributed by atoms with van der Waals surface area (Å²) in [6.07, 6.45) is -1.47. The van der Waals surface area contributed by atoms with Crippen LogP contribution in [-0.4, -0.2) is 30.9 Å². The van der Waals surface area contributed by atoms with Crippen molar-refractivity contribution in [3.63, 3.8) is 0 Å². The Morgan fingerprint density at radius 2 is 2.00 bits per heavy atom. The maximum absolute atomic E-state index is 13.1. The molecule has 0 bridgehead atoms. The zero-order valence-corrected chi connectivity index (χ0v) is 16.9. The van der Waals surface area contributed by atoms with E-state index in [0.717, 1.165) is 22.9 Å². The first kappa shape index (κ1) is 21.9. The van der Waals surface area contributed by atoms with Gasteiger partial charge >= 0.3 is 12.1 Å². The smallest absolute Gasteiger partial charge is 0.416 e. The number of rotatable bonds is 5. The Morgan fingerprint density at radius 1 is 1.18 bits per heavy atom. The van der Waals surface area contributed by atoms with Gasteiger partial charge in [-0.25, -0.2) is 9.48 Å². The zero-order valence-electron chi connectivity index (χ0n) is 16.9. The topological polar surface area (TPSA) is 113 Å². The van der Waals surface area contributed by atoms with Gasteiger partial charge in [0.25, 0.3) is 5.89 Å². The van der Waals surface area contributed by atoms with E-state index >= 15 is 0 Å². The summed E-state index contributed by atoms with van der Waals surface area (Å²) >= 11 is 0. The second-order valence-electron chi connectivity index (χ2n) is 6.79. The zero-order chi connectivity index (χ0) is 23.6. The molecule has 0 fully saturated rings. The molecular formula is C21H14F3N5O4. The summed E-state index contributed by atoms with van der Waals surface area (Å²) < 4.78 is 50.3. The van der Waals surface area contributed by atoms with Crippen LogP contribution in [0.15, 0.2) is 64.2 Å². The molecule has 9 nitrogen and oxygen atoms in total. The number of pyridine rings is 1. The molecule has 168 valence electrons. The summed E-state index contributed by atoms with van der Waals surface area (Å²) in [5, 5.41) is 7.67. The van der Waals surface area contributed by atoms with E-state index < -0.39 is 35.4 Å². The van der Waals surface area contributed by atoms with Crippen LogP contribution in [0, 0.1) is 6.92 Å². The van der Waals surface area contributed by atoms with Crippen LogP contribution in [0.1, 0.15) is 27.6 Å². The molecule has 0 saturated heterocycles. The minimum Gasteiger partial charge on any atom is -0.451 e. The quantitative estimate of drug-likeness (QED) is 0.419. The van der Waals surface area contributed by atoms with Crippen LogP contribution < -0.4 is 5.43 Å². The minimum atomic E-state index is -4.57. The number of halogens is 3. The molecule has 4 rings (SSSR count). The summed E-state index contributed by atoms with van der Waals surface area (Å²) in [5.41, 5.74) is -1.41. The van der Waals surface area contributed by atoms with Gasteiger partial charge in [-0.15, -0.1) is 0 Å². The normalized spacial score (nSPS) is 11.4. The van der Waals surface area contributed by atoms with Gasteiger partial charge < -0.3 is 9.26 Å². The summed E-state index contributed by atoms with van der Waals surface area (Å²) in [6, 6.07) is 8.80. The molecule has 0 aliphatic rings. The van der Waals surface area contributed by atoms with Crippen molar-refractivity contribution < 1.29 is 27.2 Å². The number of nitrogens with zero attached hydrogens (tertiary/aromatic N) is 5. The van der Waals surface area contributed by atoms with E-state index in [4.69, 9.17) is 9.26 Å². The molecule has 0 saturated carbocycles. The molecule has 0 atom stereocenters.